The van der Waals surface area contributed by atoms with Gasteiger partial charge in [-0.3, -0.25) is 4.79 Å². The Labute approximate surface area is 151 Å². The van der Waals surface area contributed by atoms with Gasteiger partial charge < -0.3 is 33.7 Å². The average Bonchev–Trinajstić information content (AvgIpc) is 2.61. The van der Waals surface area contributed by atoms with Crippen LogP contribution in [0.5, 0.6) is 0 Å². The molecule has 0 heterocycles. The summed E-state index contributed by atoms with van der Waals surface area (Å²) in [5.74, 6) is 0.0714. The van der Waals surface area contributed by atoms with E-state index in [2.05, 4.69) is 5.32 Å². The zero-order valence-electron chi connectivity index (χ0n) is 15.8. The molecule has 1 amide bonds. The van der Waals surface area contributed by atoms with E-state index in [1.54, 1.807) is 7.11 Å². The monoisotopic (exact) mass is 365 g/mol. The standard InChI is InChI=1S/C17H35NO7/c1-3-4-17(19)18-5-6-21-9-10-23-13-14-25-16-15-24-12-11-22-8-7-20-2/h3-16H2,1-2H3,(H,18,19). The Morgan fingerprint density at radius 1 is 0.680 bits per heavy atom. The van der Waals surface area contributed by atoms with Gasteiger partial charge in [-0.15, -0.1) is 0 Å². The predicted molar refractivity (Wildman–Crippen MR) is 93.9 cm³/mol. The molecule has 8 heteroatoms. The molecule has 0 radical (unpaired) electrons. The van der Waals surface area contributed by atoms with Crippen LogP contribution in [0.2, 0.25) is 0 Å². The molecule has 0 bridgehead atoms. The first-order chi connectivity index (χ1) is 12.3. The van der Waals surface area contributed by atoms with Crippen LogP contribution >= 0.6 is 0 Å². The molecular formula is C17H35NO7. The maximum Gasteiger partial charge on any atom is 0.220 e. The van der Waals surface area contributed by atoms with Crippen LogP contribution in [0.25, 0.3) is 0 Å². The number of hydrogen-bond acceptors (Lipinski definition) is 7. The number of nitrogens with one attached hydrogen (secondary N) is 1. The second-order valence-electron chi connectivity index (χ2n) is 5.15. The van der Waals surface area contributed by atoms with Crippen LogP contribution in [-0.4, -0.2) is 92.2 Å². The number of carbonyl (C=O) groups is 1. The topological polar surface area (TPSA) is 84.5 Å². The van der Waals surface area contributed by atoms with Crippen molar-refractivity contribution < 1.29 is 33.2 Å². The van der Waals surface area contributed by atoms with E-state index < -0.39 is 0 Å². The molecule has 0 aromatic heterocycles. The molecule has 25 heavy (non-hydrogen) atoms. The van der Waals surface area contributed by atoms with Crippen molar-refractivity contribution in [1.82, 2.24) is 5.32 Å². The molecule has 0 spiro atoms. The maximum absolute atomic E-state index is 11.2. The lowest BCUT2D eigenvalue weighted by atomic mass is 10.3. The highest BCUT2D eigenvalue weighted by Crippen LogP contribution is 1.86. The summed E-state index contributed by atoms with van der Waals surface area (Å²) in [5.41, 5.74) is 0. The van der Waals surface area contributed by atoms with Crippen LogP contribution in [0.1, 0.15) is 19.8 Å². The zero-order valence-corrected chi connectivity index (χ0v) is 15.8. The molecule has 0 atom stereocenters. The molecule has 0 aliphatic carbocycles. The smallest absolute Gasteiger partial charge is 0.220 e. The number of amides is 1. The molecule has 0 rings (SSSR count). The van der Waals surface area contributed by atoms with Gasteiger partial charge in [0.1, 0.15) is 0 Å². The number of carbonyl (C=O) groups excluding carboxylic acids is 1. The normalized spacial score (nSPS) is 11.0. The Kier molecular flexibility index (Phi) is 20.6. The Bertz CT molecular complexity index is 280. The minimum atomic E-state index is 0.0714. The van der Waals surface area contributed by atoms with Gasteiger partial charge in [-0.1, -0.05) is 6.92 Å². The molecule has 0 aromatic carbocycles. The van der Waals surface area contributed by atoms with Gasteiger partial charge in [0.05, 0.1) is 72.7 Å². The van der Waals surface area contributed by atoms with Crippen LogP contribution < -0.4 is 5.32 Å². The predicted octanol–water partition coefficient (Wildman–Crippen LogP) is 0.632. The summed E-state index contributed by atoms with van der Waals surface area (Å²) < 4.78 is 31.6. The van der Waals surface area contributed by atoms with Gasteiger partial charge in [-0.25, -0.2) is 0 Å². The molecule has 0 unspecified atom stereocenters. The van der Waals surface area contributed by atoms with Gasteiger partial charge in [0.2, 0.25) is 5.91 Å². The number of ether oxygens (including phenoxy) is 6. The first-order valence-corrected chi connectivity index (χ1v) is 8.95. The summed E-state index contributed by atoms with van der Waals surface area (Å²) in [6.07, 6.45) is 1.42. The van der Waals surface area contributed by atoms with Crippen molar-refractivity contribution in [2.45, 2.75) is 19.8 Å². The van der Waals surface area contributed by atoms with E-state index >= 15 is 0 Å². The second kappa shape index (κ2) is 21.3. The molecule has 8 nitrogen and oxygen atoms in total. The van der Waals surface area contributed by atoms with E-state index in [1.165, 1.54) is 0 Å². The van der Waals surface area contributed by atoms with Crippen molar-refractivity contribution in [3.8, 4) is 0 Å². The van der Waals surface area contributed by atoms with Crippen molar-refractivity contribution >= 4 is 5.91 Å². The molecule has 1 N–H and O–H groups in total. The number of hydrogen-bond donors (Lipinski definition) is 1. The van der Waals surface area contributed by atoms with Crippen molar-refractivity contribution in [3.05, 3.63) is 0 Å². The van der Waals surface area contributed by atoms with E-state index in [1.807, 2.05) is 6.92 Å². The van der Waals surface area contributed by atoms with Crippen LogP contribution in [0, 0.1) is 0 Å². The van der Waals surface area contributed by atoms with E-state index in [4.69, 9.17) is 28.4 Å². The molecular weight excluding hydrogens is 330 g/mol. The summed E-state index contributed by atoms with van der Waals surface area (Å²) in [6.45, 7) is 8.49. The van der Waals surface area contributed by atoms with Crippen molar-refractivity contribution in [3.63, 3.8) is 0 Å². The molecule has 0 aromatic rings. The largest absolute Gasteiger partial charge is 0.382 e. The van der Waals surface area contributed by atoms with E-state index in [-0.39, 0.29) is 5.91 Å². The SMILES string of the molecule is CCCC(=O)NCCOCCOCCOCCOCCOCCOC. The number of rotatable bonds is 20. The van der Waals surface area contributed by atoms with Crippen LogP contribution in [0.3, 0.4) is 0 Å². The summed E-state index contributed by atoms with van der Waals surface area (Å²) in [7, 11) is 1.64. The van der Waals surface area contributed by atoms with E-state index in [0.29, 0.717) is 85.6 Å². The highest BCUT2D eigenvalue weighted by atomic mass is 16.6. The second-order valence-corrected chi connectivity index (χ2v) is 5.15. The fourth-order valence-electron chi connectivity index (χ4n) is 1.70. The highest BCUT2D eigenvalue weighted by Gasteiger charge is 1.97. The summed E-state index contributed by atoms with van der Waals surface area (Å²) in [6, 6.07) is 0. The number of methoxy groups -OCH3 is 1. The van der Waals surface area contributed by atoms with Gasteiger partial charge in [0.15, 0.2) is 0 Å². The summed E-state index contributed by atoms with van der Waals surface area (Å²) in [4.78, 5) is 11.2. The fraction of sp³-hybridized carbons (Fsp3) is 0.941. The van der Waals surface area contributed by atoms with Gasteiger partial charge in [-0.05, 0) is 6.42 Å². The molecule has 0 fully saturated rings. The van der Waals surface area contributed by atoms with Gasteiger partial charge in [0.25, 0.3) is 0 Å². The van der Waals surface area contributed by atoms with Crippen LogP contribution in [-0.2, 0) is 33.2 Å². The first kappa shape index (κ1) is 24.2. The molecule has 0 aliphatic rings. The molecule has 0 saturated heterocycles. The Balaban J connectivity index is 3.02. The summed E-state index contributed by atoms with van der Waals surface area (Å²) in [5, 5.41) is 2.79. The van der Waals surface area contributed by atoms with Gasteiger partial charge in [-0.2, -0.15) is 0 Å². The third-order valence-electron chi connectivity index (χ3n) is 2.97. The van der Waals surface area contributed by atoms with E-state index in [0.717, 1.165) is 6.42 Å². The average molecular weight is 365 g/mol. The van der Waals surface area contributed by atoms with Crippen LogP contribution in [0.4, 0.5) is 0 Å². The van der Waals surface area contributed by atoms with Gasteiger partial charge in [0, 0.05) is 20.1 Å². The van der Waals surface area contributed by atoms with E-state index in [9.17, 15) is 4.79 Å². The molecule has 0 aliphatic heterocycles. The molecule has 0 saturated carbocycles. The minimum Gasteiger partial charge on any atom is -0.382 e. The molecule has 150 valence electrons. The van der Waals surface area contributed by atoms with Crippen molar-refractivity contribution in [2.75, 3.05) is 86.3 Å². The van der Waals surface area contributed by atoms with Crippen molar-refractivity contribution in [1.29, 1.82) is 0 Å². The minimum absolute atomic E-state index is 0.0714. The third kappa shape index (κ3) is 21.2. The Morgan fingerprint density at radius 3 is 1.48 bits per heavy atom. The lowest BCUT2D eigenvalue weighted by molar-refractivity contribution is -0.121. The quantitative estimate of drug-likeness (QED) is 0.317. The Morgan fingerprint density at radius 2 is 1.08 bits per heavy atom. The van der Waals surface area contributed by atoms with Gasteiger partial charge >= 0.3 is 0 Å². The third-order valence-corrected chi connectivity index (χ3v) is 2.97. The highest BCUT2D eigenvalue weighted by molar-refractivity contribution is 5.75. The van der Waals surface area contributed by atoms with Crippen molar-refractivity contribution in [2.24, 2.45) is 0 Å². The zero-order chi connectivity index (χ0) is 18.4. The maximum atomic E-state index is 11.2. The fourth-order valence-corrected chi connectivity index (χ4v) is 1.70. The summed E-state index contributed by atoms with van der Waals surface area (Å²) >= 11 is 0. The lowest BCUT2D eigenvalue weighted by Gasteiger charge is -2.08. The first-order valence-electron chi connectivity index (χ1n) is 8.95. The Hall–Kier alpha value is -0.770. The van der Waals surface area contributed by atoms with Crippen LogP contribution in [0.15, 0.2) is 0 Å². The lowest BCUT2D eigenvalue weighted by Crippen LogP contribution is -2.27.